The molecule has 2 N–H and O–H groups in total. The monoisotopic (exact) mass is 710 g/mol. The summed E-state index contributed by atoms with van der Waals surface area (Å²) in [6, 6.07) is 2.57. The third-order valence-electron chi connectivity index (χ3n) is 7.94. The summed E-state index contributed by atoms with van der Waals surface area (Å²) >= 11 is 9.22. The van der Waals surface area contributed by atoms with E-state index in [0.29, 0.717) is 11.8 Å². The summed E-state index contributed by atoms with van der Waals surface area (Å²) in [5.74, 6) is -1.42. The second-order valence-corrected chi connectivity index (χ2v) is 11.8. The maximum atomic E-state index is 13.9. The van der Waals surface area contributed by atoms with Gasteiger partial charge in [-0.1, -0.05) is 11.6 Å². The van der Waals surface area contributed by atoms with E-state index in [1.807, 2.05) is 0 Å². The fourth-order valence-corrected chi connectivity index (χ4v) is 6.39. The van der Waals surface area contributed by atoms with Gasteiger partial charge in [-0.25, -0.2) is 9.97 Å². The molecule has 2 aliphatic rings. The third kappa shape index (κ3) is 5.31. The molecule has 13 nitrogen and oxygen atoms in total. The Kier molecular flexibility index (Phi) is 7.60. The molecule has 4 aromatic rings. The minimum atomic E-state index is -4.61. The first-order chi connectivity index (χ1) is 21.2. The molecule has 1 atom stereocenters. The highest BCUT2D eigenvalue weighted by Crippen LogP contribution is 2.48. The lowest BCUT2D eigenvalue weighted by molar-refractivity contribution is -0.137. The molecule has 6 rings (SSSR count). The van der Waals surface area contributed by atoms with Crippen molar-refractivity contribution in [2.45, 2.75) is 51.1 Å². The smallest absolute Gasteiger partial charge is 0.416 e. The number of anilines is 1. The Hall–Kier alpha value is -4.09. The van der Waals surface area contributed by atoms with Crippen molar-refractivity contribution in [3.63, 3.8) is 0 Å². The number of carbonyl (C=O) groups excluding carboxylic acids is 2. The summed E-state index contributed by atoms with van der Waals surface area (Å²) in [7, 11) is 0. The molecule has 1 fully saturated rings. The second kappa shape index (κ2) is 11.1. The molecule has 5 heterocycles. The van der Waals surface area contributed by atoms with Crippen LogP contribution < -0.4 is 10.9 Å². The molecule has 1 saturated heterocycles. The molecular weight excluding hydrogens is 689 g/mol. The van der Waals surface area contributed by atoms with Crippen LogP contribution in [0.5, 0.6) is 5.75 Å². The SMILES string of the molecule is Cc1ncnc(C(=O)N2CCC3(CC2)O[C@H](C)c2c3c(=O)n3nc(Br)nc3n2CC(=O)Nc2ccc(C(F)(F)F)cc2Cl)c1O. The molecule has 2 aliphatic heterocycles. The van der Waals surface area contributed by atoms with E-state index in [-0.39, 0.29) is 69.9 Å². The molecule has 236 valence electrons. The highest BCUT2D eigenvalue weighted by Gasteiger charge is 2.50. The number of nitrogens with one attached hydrogen (secondary N) is 1. The number of rotatable bonds is 4. The number of benzene rings is 1. The molecule has 0 radical (unpaired) electrons. The van der Waals surface area contributed by atoms with E-state index in [2.05, 4.69) is 41.3 Å². The first-order valence-corrected chi connectivity index (χ1v) is 14.7. The first-order valence-electron chi connectivity index (χ1n) is 13.5. The number of hydrogen-bond acceptors (Lipinski definition) is 9. The highest BCUT2D eigenvalue weighted by molar-refractivity contribution is 9.10. The molecule has 0 bridgehead atoms. The molecule has 0 unspecified atom stereocenters. The number of aromatic nitrogens is 6. The number of amides is 2. The van der Waals surface area contributed by atoms with Crippen molar-refractivity contribution in [1.82, 2.24) is 34.0 Å². The standard InChI is InChI=1S/C27H23BrClF3N8O5/c1-12-21(42)19(34-11-33-12)23(44)38-7-5-26(6-8-38)18-20(13(2)45-26)39(25-36-24(28)37-40(25)22(18)43)10-17(41)35-16-4-3-14(9-15(16)29)27(30,31)32/h3-4,9,11,13,42H,5-8,10H2,1-2H3,(H,35,41)/t13-/m1/s1. The van der Waals surface area contributed by atoms with E-state index < -0.39 is 47.4 Å². The lowest BCUT2D eigenvalue weighted by Gasteiger charge is -2.39. The number of alkyl halides is 3. The normalized spacial score (nSPS) is 17.6. The minimum absolute atomic E-state index is 0.0336. The summed E-state index contributed by atoms with van der Waals surface area (Å²) in [4.78, 5) is 53.9. The number of fused-ring (bicyclic) bond motifs is 3. The molecule has 18 heteroatoms. The van der Waals surface area contributed by atoms with Gasteiger partial charge in [0, 0.05) is 13.1 Å². The summed E-state index contributed by atoms with van der Waals surface area (Å²) in [6.07, 6.45) is -3.68. The van der Waals surface area contributed by atoms with Crippen LogP contribution in [0.15, 0.2) is 34.1 Å². The van der Waals surface area contributed by atoms with Crippen LogP contribution in [-0.4, -0.2) is 64.0 Å². The lowest BCUT2D eigenvalue weighted by atomic mass is 9.85. The Bertz CT molecular complexity index is 1940. The Balaban J connectivity index is 1.32. The van der Waals surface area contributed by atoms with Crippen LogP contribution in [0.2, 0.25) is 5.02 Å². The van der Waals surface area contributed by atoms with Crippen LogP contribution in [-0.2, 0) is 27.9 Å². The predicted octanol–water partition coefficient (Wildman–Crippen LogP) is 3.99. The molecule has 45 heavy (non-hydrogen) atoms. The number of carbonyl (C=O) groups is 2. The number of aromatic hydroxyl groups is 1. The molecule has 0 aliphatic carbocycles. The Labute approximate surface area is 265 Å². The largest absolute Gasteiger partial charge is 0.504 e. The molecule has 2 amide bonds. The van der Waals surface area contributed by atoms with E-state index >= 15 is 0 Å². The first kappa shape index (κ1) is 30.9. The van der Waals surface area contributed by atoms with Gasteiger partial charge in [0.25, 0.3) is 11.5 Å². The fourth-order valence-electron chi connectivity index (χ4n) is 5.85. The van der Waals surface area contributed by atoms with E-state index in [9.17, 15) is 32.7 Å². The third-order valence-corrected chi connectivity index (χ3v) is 8.59. The van der Waals surface area contributed by atoms with Crippen molar-refractivity contribution in [1.29, 1.82) is 0 Å². The Morgan fingerprint density at radius 1 is 1.24 bits per heavy atom. The maximum absolute atomic E-state index is 13.9. The van der Waals surface area contributed by atoms with Gasteiger partial charge in [0.2, 0.25) is 16.4 Å². The molecule has 3 aromatic heterocycles. The second-order valence-electron chi connectivity index (χ2n) is 10.7. The average Bonchev–Trinajstić information content (AvgIpc) is 3.50. The van der Waals surface area contributed by atoms with Crippen molar-refractivity contribution in [2.75, 3.05) is 18.4 Å². The molecule has 0 saturated carbocycles. The minimum Gasteiger partial charge on any atom is -0.504 e. The zero-order valence-electron chi connectivity index (χ0n) is 23.5. The zero-order valence-corrected chi connectivity index (χ0v) is 25.9. The van der Waals surface area contributed by atoms with E-state index in [1.165, 1.54) is 15.8 Å². The number of hydrogen-bond donors (Lipinski definition) is 2. The van der Waals surface area contributed by atoms with Crippen molar-refractivity contribution in [3.05, 3.63) is 72.8 Å². The summed E-state index contributed by atoms with van der Waals surface area (Å²) in [5, 5.41) is 16.7. The van der Waals surface area contributed by atoms with Crippen LogP contribution in [0.3, 0.4) is 0 Å². The number of ether oxygens (including phenoxy) is 1. The number of aryl methyl sites for hydroxylation is 1. The van der Waals surface area contributed by atoms with Crippen LogP contribution in [0.1, 0.15) is 58.9 Å². The maximum Gasteiger partial charge on any atom is 0.416 e. The van der Waals surface area contributed by atoms with Crippen LogP contribution >= 0.6 is 27.5 Å². The van der Waals surface area contributed by atoms with Gasteiger partial charge in [-0.2, -0.15) is 22.7 Å². The Morgan fingerprint density at radius 2 is 1.96 bits per heavy atom. The number of halogens is 5. The van der Waals surface area contributed by atoms with Gasteiger partial charge in [0.1, 0.15) is 18.5 Å². The molecule has 1 spiro atoms. The van der Waals surface area contributed by atoms with Crippen molar-refractivity contribution < 1.29 is 32.6 Å². The summed E-state index contributed by atoms with van der Waals surface area (Å²) in [6.45, 7) is 3.19. The highest BCUT2D eigenvalue weighted by atomic mass is 79.9. The van der Waals surface area contributed by atoms with Gasteiger partial charge in [-0.3, -0.25) is 14.4 Å². The lowest BCUT2D eigenvalue weighted by Crippen LogP contribution is -2.47. The van der Waals surface area contributed by atoms with Crippen LogP contribution in [0, 0.1) is 6.92 Å². The van der Waals surface area contributed by atoms with Gasteiger partial charge >= 0.3 is 6.18 Å². The summed E-state index contributed by atoms with van der Waals surface area (Å²) < 4.78 is 48.3. The topological polar surface area (TPSA) is 157 Å². The average molecular weight is 712 g/mol. The zero-order chi connectivity index (χ0) is 32.4. The van der Waals surface area contributed by atoms with E-state index in [4.69, 9.17) is 16.3 Å². The fraction of sp³-hybridized carbons (Fsp3) is 0.370. The molecule has 1 aromatic carbocycles. The number of likely N-dealkylation sites (tertiary alicyclic amines) is 1. The quantitative estimate of drug-likeness (QED) is 0.320. The van der Waals surface area contributed by atoms with E-state index in [0.717, 1.165) is 16.6 Å². The van der Waals surface area contributed by atoms with Crippen molar-refractivity contribution in [3.8, 4) is 5.75 Å². The molecular formula is C27H23BrClF3N8O5. The number of piperidine rings is 1. The van der Waals surface area contributed by atoms with Gasteiger partial charge in [-0.15, -0.1) is 5.10 Å². The predicted molar refractivity (Wildman–Crippen MR) is 155 cm³/mol. The van der Waals surface area contributed by atoms with E-state index in [1.54, 1.807) is 13.8 Å². The van der Waals surface area contributed by atoms with Crippen LogP contribution in [0.4, 0.5) is 18.9 Å². The van der Waals surface area contributed by atoms with Gasteiger partial charge in [0.15, 0.2) is 11.4 Å². The van der Waals surface area contributed by atoms with Gasteiger partial charge < -0.3 is 24.6 Å². The van der Waals surface area contributed by atoms with Gasteiger partial charge in [-0.05, 0) is 60.8 Å². The number of nitrogens with zero attached hydrogens (tertiary/aromatic N) is 7. The Morgan fingerprint density at radius 3 is 2.62 bits per heavy atom. The van der Waals surface area contributed by atoms with Crippen molar-refractivity contribution in [2.24, 2.45) is 0 Å². The van der Waals surface area contributed by atoms with Crippen molar-refractivity contribution >= 4 is 50.8 Å². The van der Waals surface area contributed by atoms with Gasteiger partial charge in [0.05, 0.1) is 39.3 Å². The van der Waals surface area contributed by atoms with Crippen LogP contribution in [0.25, 0.3) is 5.78 Å². The summed E-state index contributed by atoms with van der Waals surface area (Å²) in [5.41, 5.74) is -1.87.